The van der Waals surface area contributed by atoms with Gasteiger partial charge in [-0.15, -0.1) is 0 Å². The maximum absolute atomic E-state index is 12.6. The molecule has 3 fully saturated rings. The van der Waals surface area contributed by atoms with Gasteiger partial charge in [-0.25, -0.2) is 0 Å². The first-order valence-corrected chi connectivity index (χ1v) is 9.22. The van der Waals surface area contributed by atoms with E-state index in [0.717, 1.165) is 19.3 Å². The standard InChI is InChI=1S/C20H22N2O4/c1-11(23)12-4-6-15(7-5-12)21-16(24)8-9-22-19(25)17-13-2-3-14(10-13)18(17)20(22)26/h4-7,13-14,17-18H,2-3,8-10H2,1H3,(H,21,24)/t13-,14-,17-,18-/m0/s1. The van der Waals surface area contributed by atoms with E-state index in [2.05, 4.69) is 5.32 Å². The third-order valence-corrected chi connectivity index (χ3v) is 6.16. The molecule has 4 atom stereocenters. The van der Waals surface area contributed by atoms with Crippen LogP contribution in [0.3, 0.4) is 0 Å². The molecule has 0 aromatic heterocycles. The number of amides is 3. The zero-order valence-electron chi connectivity index (χ0n) is 14.7. The Hall–Kier alpha value is -2.50. The Morgan fingerprint density at radius 2 is 1.62 bits per heavy atom. The van der Waals surface area contributed by atoms with Crippen molar-refractivity contribution < 1.29 is 19.2 Å². The minimum absolute atomic E-state index is 0.0338. The molecule has 3 amide bonds. The fourth-order valence-corrected chi connectivity index (χ4v) is 4.92. The van der Waals surface area contributed by atoms with Crippen LogP contribution in [0.1, 0.15) is 43.0 Å². The van der Waals surface area contributed by atoms with Crippen molar-refractivity contribution in [1.82, 2.24) is 4.90 Å². The van der Waals surface area contributed by atoms with Gasteiger partial charge in [-0.05, 0) is 62.3 Å². The van der Waals surface area contributed by atoms with E-state index in [1.807, 2.05) is 0 Å². The zero-order valence-corrected chi connectivity index (χ0v) is 14.7. The van der Waals surface area contributed by atoms with Crippen LogP contribution in [0, 0.1) is 23.7 Å². The minimum Gasteiger partial charge on any atom is -0.326 e. The lowest BCUT2D eigenvalue weighted by molar-refractivity contribution is -0.140. The molecule has 3 aliphatic rings. The van der Waals surface area contributed by atoms with Crippen LogP contribution in [0.2, 0.25) is 0 Å². The summed E-state index contributed by atoms with van der Waals surface area (Å²) in [4.78, 5) is 49.9. The first kappa shape index (κ1) is 16.9. The van der Waals surface area contributed by atoms with Gasteiger partial charge < -0.3 is 5.32 Å². The van der Waals surface area contributed by atoms with E-state index in [-0.39, 0.29) is 48.3 Å². The van der Waals surface area contributed by atoms with E-state index in [4.69, 9.17) is 0 Å². The summed E-state index contributed by atoms with van der Waals surface area (Å²) in [6, 6.07) is 6.65. The summed E-state index contributed by atoms with van der Waals surface area (Å²) >= 11 is 0. The molecule has 1 heterocycles. The number of fused-ring (bicyclic) bond motifs is 5. The van der Waals surface area contributed by atoms with Gasteiger partial charge in [-0.1, -0.05) is 0 Å². The predicted octanol–water partition coefficient (Wildman–Crippen LogP) is 2.25. The second-order valence-electron chi connectivity index (χ2n) is 7.64. The molecule has 26 heavy (non-hydrogen) atoms. The lowest BCUT2D eigenvalue weighted by Crippen LogP contribution is -2.35. The van der Waals surface area contributed by atoms with E-state index < -0.39 is 0 Å². The Morgan fingerprint density at radius 1 is 1.04 bits per heavy atom. The van der Waals surface area contributed by atoms with Crippen molar-refractivity contribution in [3.05, 3.63) is 29.8 Å². The number of ketones is 1. The Morgan fingerprint density at radius 3 is 2.15 bits per heavy atom. The number of likely N-dealkylation sites (tertiary alicyclic amines) is 1. The fraction of sp³-hybridized carbons (Fsp3) is 0.500. The first-order chi connectivity index (χ1) is 12.5. The summed E-state index contributed by atoms with van der Waals surface area (Å²) in [6.07, 6.45) is 3.20. The van der Waals surface area contributed by atoms with Gasteiger partial charge in [-0.2, -0.15) is 0 Å². The number of nitrogens with zero attached hydrogens (tertiary/aromatic N) is 1. The Bertz CT molecular complexity index is 758. The number of hydrogen-bond donors (Lipinski definition) is 1. The van der Waals surface area contributed by atoms with Gasteiger partial charge in [0, 0.05) is 24.2 Å². The van der Waals surface area contributed by atoms with Gasteiger partial charge in [0.2, 0.25) is 17.7 Å². The smallest absolute Gasteiger partial charge is 0.233 e. The van der Waals surface area contributed by atoms with Gasteiger partial charge in [0.25, 0.3) is 0 Å². The molecule has 6 heteroatoms. The van der Waals surface area contributed by atoms with Crippen LogP contribution in [-0.2, 0) is 14.4 Å². The lowest BCUT2D eigenvalue weighted by atomic mass is 9.81. The quantitative estimate of drug-likeness (QED) is 0.649. The van der Waals surface area contributed by atoms with Gasteiger partial charge in [0.15, 0.2) is 5.78 Å². The number of hydrogen-bond acceptors (Lipinski definition) is 4. The monoisotopic (exact) mass is 354 g/mol. The molecule has 0 radical (unpaired) electrons. The van der Waals surface area contributed by atoms with Crippen molar-refractivity contribution in [2.24, 2.45) is 23.7 Å². The van der Waals surface area contributed by atoms with Crippen LogP contribution < -0.4 is 5.32 Å². The third kappa shape index (κ3) is 2.73. The van der Waals surface area contributed by atoms with Crippen LogP contribution in [0.15, 0.2) is 24.3 Å². The average molecular weight is 354 g/mol. The van der Waals surface area contributed by atoms with Crippen molar-refractivity contribution in [2.45, 2.75) is 32.6 Å². The lowest BCUT2D eigenvalue weighted by Gasteiger charge is -2.19. The molecule has 1 N–H and O–H groups in total. The summed E-state index contributed by atoms with van der Waals surface area (Å²) in [7, 11) is 0. The topological polar surface area (TPSA) is 83.6 Å². The van der Waals surface area contributed by atoms with E-state index in [9.17, 15) is 19.2 Å². The molecule has 6 nitrogen and oxygen atoms in total. The number of carbonyl (C=O) groups excluding carboxylic acids is 4. The molecular formula is C20H22N2O4. The SMILES string of the molecule is CC(=O)c1ccc(NC(=O)CCN2C(=O)[C@H]3[C@H]4CC[C@@H](C4)[C@@H]3C2=O)cc1. The predicted molar refractivity (Wildman–Crippen MR) is 94.2 cm³/mol. The summed E-state index contributed by atoms with van der Waals surface area (Å²) in [5.74, 6) is 0.0123. The van der Waals surface area contributed by atoms with Crippen molar-refractivity contribution in [1.29, 1.82) is 0 Å². The molecule has 136 valence electrons. The van der Waals surface area contributed by atoms with E-state index in [1.54, 1.807) is 24.3 Å². The maximum Gasteiger partial charge on any atom is 0.233 e. The molecule has 0 unspecified atom stereocenters. The largest absolute Gasteiger partial charge is 0.326 e. The number of anilines is 1. The van der Waals surface area contributed by atoms with Crippen LogP contribution in [0.5, 0.6) is 0 Å². The highest BCUT2D eigenvalue weighted by Crippen LogP contribution is 2.56. The number of imide groups is 1. The highest BCUT2D eigenvalue weighted by atomic mass is 16.2. The first-order valence-electron chi connectivity index (χ1n) is 9.22. The second-order valence-corrected chi connectivity index (χ2v) is 7.64. The molecular weight excluding hydrogens is 332 g/mol. The summed E-state index contributed by atoms with van der Waals surface area (Å²) in [5.41, 5.74) is 1.17. The second kappa shape index (κ2) is 6.34. The van der Waals surface area contributed by atoms with Crippen LogP contribution in [0.4, 0.5) is 5.69 Å². The molecule has 1 aliphatic heterocycles. The van der Waals surface area contributed by atoms with Crippen LogP contribution in [0.25, 0.3) is 0 Å². The van der Waals surface area contributed by atoms with Crippen molar-refractivity contribution in [3.63, 3.8) is 0 Å². The van der Waals surface area contributed by atoms with E-state index in [1.165, 1.54) is 11.8 Å². The van der Waals surface area contributed by atoms with Gasteiger partial charge in [0.05, 0.1) is 11.8 Å². The zero-order chi connectivity index (χ0) is 18.4. The maximum atomic E-state index is 12.6. The number of rotatable bonds is 5. The van der Waals surface area contributed by atoms with Gasteiger partial charge in [-0.3, -0.25) is 24.1 Å². The molecule has 1 aromatic rings. The Labute approximate surface area is 151 Å². The fourth-order valence-electron chi connectivity index (χ4n) is 4.92. The average Bonchev–Trinajstić information content (AvgIpc) is 3.28. The number of nitrogens with one attached hydrogen (secondary N) is 1. The van der Waals surface area contributed by atoms with E-state index in [0.29, 0.717) is 23.1 Å². The summed E-state index contributed by atoms with van der Waals surface area (Å²) < 4.78 is 0. The van der Waals surface area contributed by atoms with Crippen molar-refractivity contribution in [3.8, 4) is 0 Å². The minimum atomic E-state index is -0.249. The van der Waals surface area contributed by atoms with E-state index >= 15 is 0 Å². The highest BCUT2D eigenvalue weighted by molar-refractivity contribution is 6.06. The summed E-state index contributed by atoms with van der Waals surface area (Å²) in [5, 5.41) is 2.74. The molecule has 2 saturated carbocycles. The van der Waals surface area contributed by atoms with Crippen LogP contribution in [-0.4, -0.2) is 34.9 Å². The Balaban J connectivity index is 1.34. The molecule has 1 aromatic carbocycles. The third-order valence-electron chi connectivity index (χ3n) is 6.16. The molecule has 4 rings (SSSR count). The van der Waals surface area contributed by atoms with Gasteiger partial charge >= 0.3 is 0 Å². The van der Waals surface area contributed by atoms with Crippen molar-refractivity contribution >= 4 is 29.2 Å². The van der Waals surface area contributed by atoms with Gasteiger partial charge in [0.1, 0.15) is 0 Å². The number of Topliss-reactive ketones (excluding diaryl/α,β-unsaturated/α-hetero) is 1. The van der Waals surface area contributed by atoms with Crippen molar-refractivity contribution in [2.75, 3.05) is 11.9 Å². The molecule has 2 aliphatic carbocycles. The molecule has 2 bridgehead atoms. The normalized spacial score (nSPS) is 29.2. The molecule has 1 saturated heterocycles. The number of carbonyl (C=O) groups is 4. The highest BCUT2D eigenvalue weighted by Gasteiger charge is 2.60. The number of benzene rings is 1. The summed E-state index contributed by atoms with van der Waals surface area (Å²) in [6.45, 7) is 1.63. The van der Waals surface area contributed by atoms with Crippen LogP contribution >= 0.6 is 0 Å². The molecule has 0 spiro atoms. The Kier molecular flexibility index (Phi) is 4.13.